The van der Waals surface area contributed by atoms with Crippen molar-refractivity contribution in [2.24, 2.45) is 0 Å². The Morgan fingerprint density at radius 1 is 1.23 bits per heavy atom. The van der Waals surface area contributed by atoms with E-state index in [1.165, 1.54) is 11.3 Å². The van der Waals surface area contributed by atoms with Crippen molar-refractivity contribution < 1.29 is 9.59 Å². The summed E-state index contributed by atoms with van der Waals surface area (Å²) in [6.07, 6.45) is 0. The van der Waals surface area contributed by atoms with Crippen molar-refractivity contribution in [2.45, 2.75) is 13.0 Å². The Labute approximate surface area is 133 Å². The zero-order valence-electron chi connectivity index (χ0n) is 12.3. The van der Waals surface area contributed by atoms with Gasteiger partial charge in [-0.05, 0) is 5.56 Å². The maximum Gasteiger partial charge on any atom is 0.273 e. The van der Waals surface area contributed by atoms with Crippen molar-refractivity contribution in [3.63, 3.8) is 0 Å². The summed E-state index contributed by atoms with van der Waals surface area (Å²) < 4.78 is 0. The maximum absolute atomic E-state index is 12.5. The van der Waals surface area contributed by atoms with Crippen LogP contribution >= 0.6 is 11.3 Å². The van der Waals surface area contributed by atoms with Gasteiger partial charge in [0.25, 0.3) is 5.91 Å². The molecule has 3 rings (SSSR count). The van der Waals surface area contributed by atoms with E-state index in [0.717, 1.165) is 5.56 Å². The lowest BCUT2D eigenvalue weighted by atomic mass is 10.0. The standard InChI is InChI=1S/C16H17N3O2S/c1-12(20)19-8-7-18(16(21)14-10-22-11-17-14)9-15(19)13-5-3-2-4-6-13/h2-6,10-11,15H,7-9H2,1H3. The van der Waals surface area contributed by atoms with E-state index in [9.17, 15) is 9.59 Å². The van der Waals surface area contributed by atoms with Gasteiger partial charge >= 0.3 is 0 Å². The Bertz CT molecular complexity index is 657. The van der Waals surface area contributed by atoms with Crippen molar-refractivity contribution in [3.8, 4) is 0 Å². The molecular formula is C16H17N3O2S. The number of benzene rings is 1. The van der Waals surface area contributed by atoms with Gasteiger partial charge in [-0.2, -0.15) is 0 Å². The zero-order valence-corrected chi connectivity index (χ0v) is 13.1. The molecule has 0 spiro atoms. The number of amides is 2. The summed E-state index contributed by atoms with van der Waals surface area (Å²) in [5.74, 6) is -0.0278. The van der Waals surface area contributed by atoms with E-state index in [0.29, 0.717) is 25.3 Å². The number of hydrogen-bond acceptors (Lipinski definition) is 4. The minimum Gasteiger partial charge on any atom is -0.333 e. The van der Waals surface area contributed by atoms with E-state index in [-0.39, 0.29) is 17.9 Å². The van der Waals surface area contributed by atoms with Crippen molar-refractivity contribution in [3.05, 3.63) is 52.5 Å². The molecule has 1 aromatic carbocycles. The first-order valence-electron chi connectivity index (χ1n) is 7.16. The van der Waals surface area contributed by atoms with Crippen molar-refractivity contribution in [2.75, 3.05) is 19.6 Å². The van der Waals surface area contributed by atoms with Gasteiger partial charge in [-0.3, -0.25) is 9.59 Å². The van der Waals surface area contributed by atoms with Crippen LogP contribution in [-0.2, 0) is 4.79 Å². The molecule has 0 N–H and O–H groups in total. The molecule has 5 nitrogen and oxygen atoms in total. The highest BCUT2D eigenvalue weighted by Gasteiger charge is 2.32. The Kier molecular flexibility index (Phi) is 4.20. The average molecular weight is 315 g/mol. The lowest BCUT2D eigenvalue weighted by Gasteiger charge is -2.41. The van der Waals surface area contributed by atoms with Crippen LogP contribution in [0.4, 0.5) is 0 Å². The predicted octanol–water partition coefficient (Wildman–Crippen LogP) is 2.19. The topological polar surface area (TPSA) is 53.5 Å². The van der Waals surface area contributed by atoms with Crippen LogP contribution in [0.15, 0.2) is 41.2 Å². The molecule has 1 saturated heterocycles. The minimum atomic E-state index is -0.102. The predicted molar refractivity (Wildman–Crippen MR) is 84.6 cm³/mol. The summed E-state index contributed by atoms with van der Waals surface area (Å²) in [7, 11) is 0. The normalized spacial score (nSPS) is 18.3. The van der Waals surface area contributed by atoms with E-state index in [2.05, 4.69) is 4.98 Å². The molecular weight excluding hydrogens is 298 g/mol. The summed E-state index contributed by atoms with van der Waals surface area (Å²) in [4.78, 5) is 32.1. The van der Waals surface area contributed by atoms with Crippen LogP contribution in [0.25, 0.3) is 0 Å². The summed E-state index contributed by atoms with van der Waals surface area (Å²) in [5.41, 5.74) is 3.19. The van der Waals surface area contributed by atoms with Crippen molar-refractivity contribution >= 4 is 23.2 Å². The Balaban J connectivity index is 1.84. The molecule has 22 heavy (non-hydrogen) atoms. The molecule has 0 aliphatic carbocycles. The lowest BCUT2D eigenvalue weighted by Crippen LogP contribution is -2.51. The molecule has 6 heteroatoms. The van der Waals surface area contributed by atoms with E-state index in [4.69, 9.17) is 0 Å². The highest BCUT2D eigenvalue weighted by atomic mass is 32.1. The quantitative estimate of drug-likeness (QED) is 0.853. The van der Waals surface area contributed by atoms with Gasteiger partial charge in [0.1, 0.15) is 5.69 Å². The first-order valence-corrected chi connectivity index (χ1v) is 8.10. The fourth-order valence-corrected chi connectivity index (χ4v) is 3.31. The van der Waals surface area contributed by atoms with Crippen LogP contribution in [-0.4, -0.2) is 46.2 Å². The van der Waals surface area contributed by atoms with Gasteiger partial charge in [0, 0.05) is 31.9 Å². The Morgan fingerprint density at radius 2 is 2.00 bits per heavy atom. The van der Waals surface area contributed by atoms with Crippen LogP contribution < -0.4 is 0 Å². The number of piperazine rings is 1. The molecule has 0 saturated carbocycles. The molecule has 2 heterocycles. The summed E-state index contributed by atoms with van der Waals surface area (Å²) in [6, 6.07) is 9.75. The fourth-order valence-electron chi connectivity index (χ4n) is 2.78. The lowest BCUT2D eigenvalue weighted by molar-refractivity contribution is -0.133. The van der Waals surface area contributed by atoms with Gasteiger partial charge in [0.2, 0.25) is 5.91 Å². The van der Waals surface area contributed by atoms with Crippen LogP contribution in [0.2, 0.25) is 0 Å². The molecule has 1 unspecified atom stereocenters. The molecule has 0 radical (unpaired) electrons. The number of nitrogens with zero attached hydrogens (tertiary/aromatic N) is 3. The minimum absolute atomic E-state index is 0.0367. The highest BCUT2D eigenvalue weighted by Crippen LogP contribution is 2.26. The number of rotatable bonds is 2. The molecule has 1 aliphatic heterocycles. The molecule has 0 bridgehead atoms. The van der Waals surface area contributed by atoms with Gasteiger partial charge in [-0.25, -0.2) is 4.98 Å². The number of thiazole rings is 1. The molecule has 1 atom stereocenters. The Hall–Kier alpha value is -2.21. The number of carbonyl (C=O) groups excluding carboxylic acids is 2. The third-order valence-corrected chi connectivity index (χ3v) is 4.49. The summed E-state index contributed by atoms with van der Waals surface area (Å²) >= 11 is 1.41. The highest BCUT2D eigenvalue weighted by molar-refractivity contribution is 7.07. The SMILES string of the molecule is CC(=O)N1CCN(C(=O)c2cscn2)CC1c1ccccc1. The van der Waals surface area contributed by atoms with E-state index in [1.54, 1.807) is 22.7 Å². The monoisotopic (exact) mass is 315 g/mol. The largest absolute Gasteiger partial charge is 0.333 e. The van der Waals surface area contributed by atoms with Crippen LogP contribution in [0.5, 0.6) is 0 Å². The van der Waals surface area contributed by atoms with Gasteiger partial charge < -0.3 is 9.80 Å². The van der Waals surface area contributed by atoms with Gasteiger partial charge in [-0.1, -0.05) is 30.3 Å². The number of carbonyl (C=O) groups is 2. The van der Waals surface area contributed by atoms with Crippen LogP contribution in [0.3, 0.4) is 0 Å². The van der Waals surface area contributed by atoms with Gasteiger partial charge in [0.05, 0.1) is 11.6 Å². The third-order valence-electron chi connectivity index (χ3n) is 3.91. The number of aromatic nitrogens is 1. The second-order valence-electron chi connectivity index (χ2n) is 5.26. The molecule has 2 aromatic rings. The summed E-state index contributed by atoms with van der Waals surface area (Å²) in [5, 5.41) is 1.76. The van der Waals surface area contributed by atoms with E-state index in [1.807, 2.05) is 35.2 Å². The summed E-state index contributed by atoms with van der Waals surface area (Å²) in [6.45, 7) is 3.16. The fraction of sp³-hybridized carbons (Fsp3) is 0.312. The molecule has 1 fully saturated rings. The Morgan fingerprint density at radius 3 is 2.64 bits per heavy atom. The molecule has 114 valence electrons. The maximum atomic E-state index is 12.5. The van der Waals surface area contributed by atoms with Crippen molar-refractivity contribution in [1.29, 1.82) is 0 Å². The van der Waals surface area contributed by atoms with Gasteiger partial charge in [-0.15, -0.1) is 11.3 Å². The zero-order chi connectivity index (χ0) is 15.5. The molecule has 1 aliphatic rings. The van der Waals surface area contributed by atoms with E-state index >= 15 is 0 Å². The van der Waals surface area contributed by atoms with E-state index < -0.39 is 0 Å². The second-order valence-corrected chi connectivity index (χ2v) is 5.98. The van der Waals surface area contributed by atoms with Crippen molar-refractivity contribution in [1.82, 2.24) is 14.8 Å². The average Bonchev–Trinajstić information content (AvgIpc) is 3.09. The molecule has 2 amide bonds. The van der Waals surface area contributed by atoms with Crippen LogP contribution in [0.1, 0.15) is 29.0 Å². The van der Waals surface area contributed by atoms with Crippen LogP contribution in [0, 0.1) is 0 Å². The molecule has 1 aromatic heterocycles. The second kappa shape index (κ2) is 6.27. The number of hydrogen-bond donors (Lipinski definition) is 0. The first-order chi connectivity index (χ1) is 10.7. The third kappa shape index (κ3) is 2.87. The van der Waals surface area contributed by atoms with Gasteiger partial charge in [0.15, 0.2) is 0 Å². The first kappa shape index (κ1) is 14.7. The smallest absolute Gasteiger partial charge is 0.273 e.